The van der Waals surface area contributed by atoms with Crippen LogP contribution in [-0.4, -0.2) is 66.8 Å². The summed E-state index contributed by atoms with van der Waals surface area (Å²) in [4.78, 5) is 16.3. The van der Waals surface area contributed by atoms with Crippen LogP contribution in [0.15, 0.2) is 0 Å². The lowest BCUT2D eigenvalue weighted by molar-refractivity contribution is 0.00659. The van der Waals surface area contributed by atoms with Gasteiger partial charge in [-0.25, -0.2) is 4.79 Å². The molecule has 0 spiro atoms. The molecule has 21 heavy (non-hydrogen) atoms. The van der Waals surface area contributed by atoms with Crippen molar-refractivity contribution in [3.63, 3.8) is 0 Å². The summed E-state index contributed by atoms with van der Waals surface area (Å²) in [5, 5.41) is 3.40. The second-order valence-electron chi connectivity index (χ2n) is 7.82. The van der Waals surface area contributed by atoms with E-state index in [2.05, 4.69) is 31.2 Å². The molecule has 0 aromatic heterocycles. The number of nitrogens with zero attached hydrogens (tertiary/aromatic N) is 2. The SMILES string of the molecule is CC(CNCCN(C(=O)OC(C)(C)C)C(C)(C)C)N(C)C. The molecule has 1 amide bonds. The minimum atomic E-state index is -0.465. The van der Waals surface area contributed by atoms with Crippen molar-refractivity contribution in [2.45, 2.75) is 65.6 Å². The van der Waals surface area contributed by atoms with Crippen molar-refractivity contribution in [1.82, 2.24) is 15.1 Å². The lowest BCUT2D eigenvalue weighted by atomic mass is 10.1. The zero-order chi connectivity index (χ0) is 16.8. The summed E-state index contributed by atoms with van der Waals surface area (Å²) in [5.41, 5.74) is -0.718. The molecule has 0 aliphatic rings. The Morgan fingerprint density at radius 2 is 1.67 bits per heavy atom. The molecule has 0 aliphatic heterocycles. The molecule has 0 bridgehead atoms. The molecular formula is C16H35N3O2. The van der Waals surface area contributed by atoms with Crippen molar-refractivity contribution in [2.75, 3.05) is 33.7 Å². The number of amides is 1. The summed E-state index contributed by atoms with van der Waals surface area (Å²) >= 11 is 0. The minimum Gasteiger partial charge on any atom is -0.444 e. The molecule has 126 valence electrons. The fraction of sp³-hybridized carbons (Fsp3) is 0.938. The third-order valence-corrected chi connectivity index (χ3v) is 3.26. The van der Waals surface area contributed by atoms with Crippen LogP contribution in [-0.2, 0) is 4.74 Å². The second-order valence-corrected chi connectivity index (χ2v) is 7.82. The van der Waals surface area contributed by atoms with Crippen molar-refractivity contribution >= 4 is 6.09 Å². The van der Waals surface area contributed by atoms with Gasteiger partial charge < -0.3 is 19.9 Å². The Morgan fingerprint density at radius 1 is 1.14 bits per heavy atom. The zero-order valence-corrected chi connectivity index (χ0v) is 15.4. The second kappa shape index (κ2) is 7.99. The molecule has 0 aliphatic carbocycles. The molecular weight excluding hydrogens is 266 g/mol. The van der Waals surface area contributed by atoms with Gasteiger partial charge in [-0.2, -0.15) is 0 Å². The third kappa shape index (κ3) is 8.94. The Labute approximate surface area is 131 Å². The van der Waals surface area contributed by atoms with Gasteiger partial charge in [0.05, 0.1) is 0 Å². The van der Waals surface area contributed by atoms with Gasteiger partial charge in [0.25, 0.3) is 0 Å². The van der Waals surface area contributed by atoms with E-state index in [-0.39, 0.29) is 11.6 Å². The quantitative estimate of drug-likeness (QED) is 0.766. The number of hydrogen-bond acceptors (Lipinski definition) is 4. The van der Waals surface area contributed by atoms with Crippen molar-refractivity contribution < 1.29 is 9.53 Å². The molecule has 1 unspecified atom stereocenters. The highest BCUT2D eigenvalue weighted by atomic mass is 16.6. The van der Waals surface area contributed by atoms with E-state index >= 15 is 0 Å². The fourth-order valence-electron chi connectivity index (χ4n) is 1.70. The molecule has 5 nitrogen and oxygen atoms in total. The zero-order valence-electron chi connectivity index (χ0n) is 15.4. The van der Waals surface area contributed by atoms with E-state index in [1.807, 2.05) is 41.5 Å². The first-order chi connectivity index (χ1) is 9.34. The monoisotopic (exact) mass is 301 g/mol. The van der Waals surface area contributed by atoms with E-state index in [4.69, 9.17) is 4.74 Å². The molecule has 0 heterocycles. The molecule has 0 aromatic carbocycles. The summed E-state index contributed by atoms with van der Waals surface area (Å²) in [5.74, 6) is 0. The summed E-state index contributed by atoms with van der Waals surface area (Å²) in [6.45, 7) is 16.2. The van der Waals surface area contributed by atoms with E-state index in [1.165, 1.54) is 0 Å². The van der Waals surface area contributed by atoms with Gasteiger partial charge in [-0.1, -0.05) is 0 Å². The van der Waals surface area contributed by atoms with Crippen LogP contribution in [0, 0.1) is 0 Å². The van der Waals surface area contributed by atoms with Crippen LogP contribution >= 0.6 is 0 Å². The summed E-state index contributed by atoms with van der Waals surface area (Å²) in [6, 6.07) is 0.467. The van der Waals surface area contributed by atoms with E-state index in [0.29, 0.717) is 12.6 Å². The molecule has 1 atom stereocenters. The van der Waals surface area contributed by atoms with E-state index < -0.39 is 5.60 Å². The highest BCUT2D eigenvalue weighted by Crippen LogP contribution is 2.17. The number of nitrogens with one attached hydrogen (secondary N) is 1. The maximum absolute atomic E-state index is 12.3. The largest absolute Gasteiger partial charge is 0.444 e. The van der Waals surface area contributed by atoms with Gasteiger partial charge in [0.1, 0.15) is 5.60 Å². The van der Waals surface area contributed by atoms with Gasteiger partial charge in [0.15, 0.2) is 0 Å². The van der Waals surface area contributed by atoms with Crippen LogP contribution in [0.1, 0.15) is 48.5 Å². The van der Waals surface area contributed by atoms with Crippen LogP contribution < -0.4 is 5.32 Å². The lowest BCUT2D eigenvalue weighted by Gasteiger charge is -2.37. The van der Waals surface area contributed by atoms with Gasteiger partial charge in [-0.15, -0.1) is 0 Å². The minimum absolute atomic E-state index is 0.252. The Kier molecular flexibility index (Phi) is 7.68. The number of rotatable bonds is 6. The standard InChI is InChI=1S/C16H35N3O2/c1-13(18(8)9)12-17-10-11-19(15(2,3)4)14(20)21-16(5,6)7/h13,17H,10-12H2,1-9H3. The highest BCUT2D eigenvalue weighted by molar-refractivity contribution is 5.69. The Bertz CT molecular complexity index is 316. The molecule has 1 N–H and O–H groups in total. The maximum Gasteiger partial charge on any atom is 0.410 e. The third-order valence-electron chi connectivity index (χ3n) is 3.26. The fourth-order valence-corrected chi connectivity index (χ4v) is 1.70. The molecule has 0 saturated heterocycles. The Morgan fingerprint density at radius 3 is 2.05 bits per heavy atom. The summed E-state index contributed by atoms with van der Waals surface area (Å²) in [6.07, 6.45) is -0.252. The highest BCUT2D eigenvalue weighted by Gasteiger charge is 2.30. The Balaban J connectivity index is 4.43. The van der Waals surface area contributed by atoms with E-state index in [9.17, 15) is 4.79 Å². The normalized spacial score (nSPS) is 14.2. The van der Waals surface area contributed by atoms with Crippen molar-refractivity contribution in [3.05, 3.63) is 0 Å². The molecule has 0 saturated carbocycles. The molecule has 0 radical (unpaired) electrons. The number of carbonyl (C=O) groups excluding carboxylic acids is 1. The van der Waals surface area contributed by atoms with E-state index in [0.717, 1.165) is 13.1 Å². The summed E-state index contributed by atoms with van der Waals surface area (Å²) in [7, 11) is 4.13. The predicted molar refractivity (Wildman–Crippen MR) is 88.7 cm³/mol. The number of hydrogen-bond donors (Lipinski definition) is 1. The number of ether oxygens (including phenoxy) is 1. The van der Waals surface area contributed by atoms with Gasteiger partial charge in [0, 0.05) is 31.2 Å². The van der Waals surface area contributed by atoms with Crippen LogP contribution in [0.2, 0.25) is 0 Å². The molecule has 5 heteroatoms. The van der Waals surface area contributed by atoms with Crippen molar-refractivity contribution in [1.29, 1.82) is 0 Å². The van der Waals surface area contributed by atoms with E-state index in [1.54, 1.807) is 4.90 Å². The van der Waals surface area contributed by atoms with Crippen LogP contribution in [0.3, 0.4) is 0 Å². The summed E-state index contributed by atoms with van der Waals surface area (Å²) < 4.78 is 5.49. The average molecular weight is 301 g/mol. The lowest BCUT2D eigenvalue weighted by Crippen LogP contribution is -2.50. The van der Waals surface area contributed by atoms with Gasteiger partial charge in [0.2, 0.25) is 0 Å². The predicted octanol–water partition coefficient (Wildman–Crippen LogP) is 2.56. The Hall–Kier alpha value is -0.810. The van der Waals surface area contributed by atoms with Crippen molar-refractivity contribution in [2.24, 2.45) is 0 Å². The molecule has 0 aromatic rings. The number of carbonyl (C=O) groups is 1. The first kappa shape index (κ1) is 20.2. The van der Waals surface area contributed by atoms with Crippen LogP contribution in [0.4, 0.5) is 4.79 Å². The van der Waals surface area contributed by atoms with Gasteiger partial charge >= 0.3 is 6.09 Å². The van der Waals surface area contributed by atoms with Gasteiger partial charge in [-0.05, 0) is 62.6 Å². The number of likely N-dealkylation sites (N-methyl/N-ethyl adjacent to an activating group) is 1. The maximum atomic E-state index is 12.3. The van der Waals surface area contributed by atoms with Crippen molar-refractivity contribution in [3.8, 4) is 0 Å². The van der Waals surface area contributed by atoms with Crippen LogP contribution in [0.25, 0.3) is 0 Å². The average Bonchev–Trinajstić information content (AvgIpc) is 2.23. The molecule has 0 rings (SSSR count). The van der Waals surface area contributed by atoms with Crippen LogP contribution in [0.5, 0.6) is 0 Å². The topological polar surface area (TPSA) is 44.8 Å². The van der Waals surface area contributed by atoms with Gasteiger partial charge in [-0.3, -0.25) is 0 Å². The molecule has 0 fully saturated rings. The first-order valence-electron chi connectivity index (χ1n) is 7.72. The smallest absolute Gasteiger partial charge is 0.410 e. The first-order valence-corrected chi connectivity index (χ1v) is 7.72.